The van der Waals surface area contributed by atoms with Crippen LogP contribution in [0.2, 0.25) is 0 Å². The summed E-state index contributed by atoms with van der Waals surface area (Å²) < 4.78 is 25.2. The standard InChI is InChI=1S/C32H30N2O6S/c1-18-9-8-12-23(19(18)2)39-17-21-15-20(13-14-24(21)37-4)16-26-29(35)34-28-22-10-6-7-11-25(22)40-32(3,33-31(34)41-26)27(28)30(36)38-5/h6-16,27-28H,17H2,1-5H3/b26-16+/t27-,28-,32-/m1/s1. The Kier molecular flexibility index (Phi) is 6.69. The SMILES string of the molecule is COC(=O)[C@H]1[C@H]2c3ccccc3O[C@@]1(C)N=c1s/c(=C/c3ccc(OC)c(COc4cccc(C)c4C)c3)c(=O)n12. The van der Waals surface area contributed by atoms with E-state index in [0.717, 1.165) is 33.6 Å². The van der Waals surface area contributed by atoms with Gasteiger partial charge in [0.15, 0.2) is 4.80 Å². The minimum atomic E-state index is -1.21. The number of aromatic nitrogens is 1. The number of benzene rings is 3. The lowest BCUT2D eigenvalue weighted by Crippen LogP contribution is -2.58. The van der Waals surface area contributed by atoms with Crippen LogP contribution in [0.1, 0.15) is 40.8 Å². The Morgan fingerprint density at radius 2 is 1.90 bits per heavy atom. The minimum Gasteiger partial charge on any atom is -0.496 e. The van der Waals surface area contributed by atoms with Crippen molar-refractivity contribution in [2.24, 2.45) is 10.9 Å². The summed E-state index contributed by atoms with van der Waals surface area (Å²) in [7, 11) is 2.96. The number of esters is 1. The van der Waals surface area contributed by atoms with Crippen molar-refractivity contribution in [2.75, 3.05) is 14.2 Å². The van der Waals surface area contributed by atoms with Crippen molar-refractivity contribution >= 4 is 23.4 Å². The molecule has 0 amide bonds. The maximum atomic E-state index is 13.9. The summed E-state index contributed by atoms with van der Waals surface area (Å²) in [5, 5.41) is 0. The lowest BCUT2D eigenvalue weighted by molar-refractivity contribution is -0.158. The highest BCUT2D eigenvalue weighted by molar-refractivity contribution is 7.07. The molecule has 41 heavy (non-hydrogen) atoms. The molecular weight excluding hydrogens is 540 g/mol. The molecule has 4 aromatic rings. The van der Waals surface area contributed by atoms with Crippen LogP contribution in [-0.4, -0.2) is 30.5 Å². The van der Waals surface area contributed by atoms with Crippen molar-refractivity contribution in [3.8, 4) is 17.2 Å². The number of carbonyl (C=O) groups is 1. The fraction of sp³-hybridized carbons (Fsp3) is 0.281. The van der Waals surface area contributed by atoms with E-state index in [-0.39, 0.29) is 5.56 Å². The molecule has 8 nitrogen and oxygen atoms in total. The predicted molar refractivity (Wildman–Crippen MR) is 155 cm³/mol. The van der Waals surface area contributed by atoms with Crippen molar-refractivity contribution in [2.45, 2.75) is 39.1 Å². The molecule has 9 heteroatoms. The topological polar surface area (TPSA) is 88.4 Å². The van der Waals surface area contributed by atoms with Crippen LogP contribution in [-0.2, 0) is 16.1 Å². The van der Waals surface area contributed by atoms with Crippen LogP contribution in [0, 0.1) is 19.8 Å². The van der Waals surface area contributed by atoms with Crippen LogP contribution in [0.5, 0.6) is 17.2 Å². The molecule has 0 fully saturated rings. The van der Waals surface area contributed by atoms with Crippen molar-refractivity contribution in [3.63, 3.8) is 0 Å². The number of hydrogen-bond donors (Lipinski definition) is 0. The fourth-order valence-electron chi connectivity index (χ4n) is 5.62. The average molecular weight is 571 g/mol. The van der Waals surface area contributed by atoms with E-state index in [1.807, 2.05) is 67.6 Å². The van der Waals surface area contributed by atoms with E-state index >= 15 is 0 Å². The van der Waals surface area contributed by atoms with Crippen molar-refractivity contribution in [1.82, 2.24) is 4.57 Å². The third kappa shape index (κ3) is 4.50. The first-order valence-electron chi connectivity index (χ1n) is 13.3. The van der Waals surface area contributed by atoms with Crippen LogP contribution in [0.3, 0.4) is 0 Å². The summed E-state index contributed by atoms with van der Waals surface area (Å²) in [4.78, 5) is 32.2. The zero-order chi connectivity index (χ0) is 28.9. The van der Waals surface area contributed by atoms with Gasteiger partial charge >= 0.3 is 5.97 Å². The highest BCUT2D eigenvalue weighted by Crippen LogP contribution is 2.47. The van der Waals surface area contributed by atoms with E-state index in [1.165, 1.54) is 18.4 Å². The maximum Gasteiger partial charge on any atom is 0.317 e. The summed E-state index contributed by atoms with van der Waals surface area (Å²) in [6.07, 6.45) is 1.83. The molecule has 0 unspecified atom stereocenters. The molecule has 3 aromatic carbocycles. The molecule has 210 valence electrons. The molecule has 0 N–H and O–H groups in total. The van der Waals surface area contributed by atoms with Gasteiger partial charge in [0.1, 0.15) is 29.8 Å². The molecule has 1 aromatic heterocycles. The molecule has 0 saturated heterocycles. The molecule has 0 spiro atoms. The quantitative estimate of drug-likeness (QED) is 0.325. The molecule has 3 heterocycles. The first kappa shape index (κ1) is 26.8. The Bertz CT molecular complexity index is 1860. The largest absolute Gasteiger partial charge is 0.496 e. The molecule has 3 atom stereocenters. The van der Waals surface area contributed by atoms with Gasteiger partial charge in [-0.1, -0.05) is 47.7 Å². The van der Waals surface area contributed by atoms with E-state index in [0.29, 0.717) is 27.4 Å². The van der Waals surface area contributed by atoms with Gasteiger partial charge in [-0.3, -0.25) is 14.2 Å². The Labute approximate surface area is 241 Å². The minimum absolute atomic E-state index is 0.226. The first-order chi connectivity index (χ1) is 19.7. The first-order valence-corrected chi connectivity index (χ1v) is 14.1. The van der Waals surface area contributed by atoms with E-state index in [2.05, 4.69) is 13.0 Å². The Balaban J connectivity index is 1.43. The number of fused-ring (bicyclic) bond motifs is 6. The van der Waals surface area contributed by atoms with Gasteiger partial charge in [-0.15, -0.1) is 0 Å². The van der Waals surface area contributed by atoms with Gasteiger partial charge in [-0.25, -0.2) is 4.99 Å². The second kappa shape index (κ2) is 10.2. The highest BCUT2D eigenvalue weighted by Gasteiger charge is 2.55. The number of ether oxygens (including phenoxy) is 4. The number of hydrogen-bond acceptors (Lipinski definition) is 8. The van der Waals surface area contributed by atoms with E-state index in [4.69, 9.17) is 23.9 Å². The zero-order valence-corrected chi connectivity index (χ0v) is 24.3. The monoisotopic (exact) mass is 570 g/mol. The van der Waals surface area contributed by atoms with Gasteiger partial charge < -0.3 is 18.9 Å². The average Bonchev–Trinajstić information content (AvgIpc) is 3.25. The van der Waals surface area contributed by atoms with Crippen LogP contribution < -0.4 is 29.1 Å². The summed E-state index contributed by atoms with van der Waals surface area (Å²) in [5.41, 5.74) is 3.23. The van der Waals surface area contributed by atoms with Crippen LogP contribution in [0.4, 0.5) is 0 Å². The molecule has 2 aliphatic rings. The fourth-order valence-corrected chi connectivity index (χ4v) is 6.72. The van der Waals surface area contributed by atoms with Crippen molar-refractivity contribution < 1.29 is 23.7 Å². The summed E-state index contributed by atoms with van der Waals surface area (Å²) in [6, 6.07) is 18.5. The Hall–Kier alpha value is -4.37. The molecule has 2 bridgehead atoms. The second-order valence-corrected chi connectivity index (χ2v) is 11.4. The lowest BCUT2D eigenvalue weighted by atomic mass is 9.81. The second-order valence-electron chi connectivity index (χ2n) is 10.4. The van der Waals surface area contributed by atoms with E-state index < -0.39 is 23.7 Å². The summed E-state index contributed by atoms with van der Waals surface area (Å²) in [6.45, 7) is 6.16. The number of aryl methyl sites for hydroxylation is 1. The molecule has 2 aliphatic heterocycles. The van der Waals surface area contributed by atoms with Crippen LogP contribution in [0.15, 0.2) is 70.5 Å². The molecule has 6 rings (SSSR count). The third-order valence-corrected chi connectivity index (χ3v) is 8.86. The number of carbonyl (C=O) groups excluding carboxylic acids is 1. The molecule has 0 saturated carbocycles. The van der Waals surface area contributed by atoms with Gasteiger partial charge in [-0.05, 0) is 67.8 Å². The Morgan fingerprint density at radius 1 is 1.10 bits per heavy atom. The van der Waals surface area contributed by atoms with Crippen molar-refractivity contribution in [1.29, 1.82) is 0 Å². The van der Waals surface area contributed by atoms with Gasteiger partial charge in [0.25, 0.3) is 5.56 Å². The van der Waals surface area contributed by atoms with Crippen LogP contribution in [0.25, 0.3) is 6.08 Å². The number of rotatable bonds is 6. The smallest absolute Gasteiger partial charge is 0.317 e. The highest BCUT2D eigenvalue weighted by atomic mass is 32.1. The Morgan fingerprint density at radius 3 is 2.68 bits per heavy atom. The van der Waals surface area contributed by atoms with Gasteiger partial charge in [0.2, 0.25) is 5.72 Å². The van der Waals surface area contributed by atoms with Crippen LogP contribution >= 0.6 is 11.3 Å². The third-order valence-electron chi connectivity index (χ3n) is 7.88. The predicted octanol–water partition coefficient (Wildman–Crippen LogP) is 4.06. The van der Waals surface area contributed by atoms with E-state index in [1.54, 1.807) is 18.6 Å². The van der Waals surface area contributed by atoms with Crippen molar-refractivity contribution in [3.05, 3.63) is 108 Å². The lowest BCUT2D eigenvalue weighted by Gasteiger charge is -2.44. The van der Waals surface area contributed by atoms with E-state index in [9.17, 15) is 9.59 Å². The number of nitrogens with zero attached hydrogens (tertiary/aromatic N) is 2. The maximum absolute atomic E-state index is 13.9. The van der Waals surface area contributed by atoms with Gasteiger partial charge in [0.05, 0.1) is 24.8 Å². The number of para-hydroxylation sites is 1. The summed E-state index contributed by atoms with van der Waals surface area (Å²) >= 11 is 1.27. The number of thiazole rings is 1. The molecule has 0 radical (unpaired) electrons. The van der Waals surface area contributed by atoms with Gasteiger partial charge in [0, 0.05) is 11.1 Å². The zero-order valence-electron chi connectivity index (χ0n) is 23.5. The van der Waals surface area contributed by atoms with Gasteiger partial charge in [-0.2, -0.15) is 0 Å². The summed E-state index contributed by atoms with van der Waals surface area (Å²) in [5.74, 6) is 0.816. The molecular formula is C32H30N2O6S. The number of methoxy groups -OCH3 is 2. The normalized spacial score (nSPS) is 20.8. The molecule has 0 aliphatic carbocycles.